The first-order chi connectivity index (χ1) is 5.66. The maximum atomic E-state index is 11.2. The third kappa shape index (κ3) is 1.80. The van der Waals surface area contributed by atoms with E-state index in [0.29, 0.717) is 13.0 Å². The fraction of sp³-hybridized carbons (Fsp3) is 0.750. The molecule has 0 bridgehead atoms. The van der Waals surface area contributed by atoms with Crippen LogP contribution in [0.15, 0.2) is 0 Å². The van der Waals surface area contributed by atoms with E-state index in [0.717, 1.165) is 5.75 Å². The predicted octanol–water partition coefficient (Wildman–Crippen LogP) is 0.539. The highest BCUT2D eigenvalue weighted by Gasteiger charge is 2.31. The Hall–Kier alpha value is -0.510. The number of amides is 1. The fourth-order valence-corrected chi connectivity index (χ4v) is 2.00. The average molecular weight is 187 g/mol. The van der Waals surface area contributed by atoms with Crippen molar-refractivity contribution in [3.8, 4) is 0 Å². The molecule has 1 heterocycles. The van der Waals surface area contributed by atoms with Crippen LogP contribution in [0.4, 0.5) is 0 Å². The molecule has 0 aromatic heterocycles. The van der Waals surface area contributed by atoms with Gasteiger partial charge in [0.25, 0.3) is 5.91 Å². The standard InChI is InChI=1S/C8H13NO2S/c1-6(5-12-2)9-4-3-7(10)8(9)11/h6H,3-5H2,1-2H3. The number of nitrogens with zero attached hydrogens (tertiary/aromatic N) is 1. The van der Waals surface area contributed by atoms with Crippen LogP contribution in [0.2, 0.25) is 0 Å². The number of carbonyl (C=O) groups excluding carboxylic acids is 2. The van der Waals surface area contributed by atoms with Gasteiger partial charge in [-0.3, -0.25) is 9.59 Å². The maximum Gasteiger partial charge on any atom is 0.290 e. The van der Waals surface area contributed by atoms with Crippen molar-refractivity contribution in [1.82, 2.24) is 4.90 Å². The van der Waals surface area contributed by atoms with E-state index in [1.807, 2.05) is 13.2 Å². The van der Waals surface area contributed by atoms with Crippen LogP contribution in [0, 0.1) is 0 Å². The van der Waals surface area contributed by atoms with Gasteiger partial charge < -0.3 is 4.90 Å². The molecule has 0 aliphatic carbocycles. The monoisotopic (exact) mass is 187 g/mol. The number of rotatable bonds is 3. The first kappa shape index (κ1) is 9.58. The van der Waals surface area contributed by atoms with E-state index in [-0.39, 0.29) is 17.7 Å². The normalized spacial score (nSPS) is 20.3. The van der Waals surface area contributed by atoms with E-state index in [1.54, 1.807) is 16.7 Å². The Morgan fingerprint density at radius 1 is 1.58 bits per heavy atom. The van der Waals surface area contributed by atoms with Crippen molar-refractivity contribution in [2.24, 2.45) is 0 Å². The summed E-state index contributed by atoms with van der Waals surface area (Å²) >= 11 is 1.69. The zero-order valence-electron chi connectivity index (χ0n) is 7.37. The second kappa shape index (κ2) is 3.94. The summed E-state index contributed by atoms with van der Waals surface area (Å²) in [4.78, 5) is 23.7. The summed E-state index contributed by atoms with van der Waals surface area (Å²) < 4.78 is 0. The Morgan fingerprint density at radius 3 is 2.67 bits per heavy atom. The van der Waals surface area contributed by atoms with Crippen molar-refractivity contribution in [3.05, 3.63) is 0 Å². The van der Waals surface area contributed by atoms with Gasteiger partial charge in [0.15, 0.2) is 0 Å². The second-order valence-corrected chi connectivity index (χ2v) is 3.89. The lowest BCUT2D eigenvalue weighted by atomic mass is 10.3. The summed E-state index contributed by atoms with van der Waals surface area (Å²) in [7, 11) is 0. The van der Waals surface area contributed by atoms with E-state index in [1.165, 1.54) is 0 Å². The molecule has 68 valence electrons. The van der Waals surface area contributed by atoms with E-state index in [2.05, 4.69) is 0 Å². The van der Waals surface area contributed by atoms with Crippen molar-refractivity contribution < 1.29 is 9.59 Å². The minimum Gasteiger partial charge on any atom is -0.332 e. The molecular formula is C8H13NO2S. The average Bonchev–Trinajstić information content (AvgIpc) is 2.34. The van der Waals surface area contributed by atoms with Crippen LogP contribution < -0.4 is 0 Å². The molecule has 12 heavy (non-hydrogen) atoms. The van der Waals surface area contributed by atoms with Crippen molar-refractivity contribution in [2.45, 2.75) is 19.4 Å². The third-order valence-corrected chi connectivity index (χ3v) is 2.83. The van der Waals surface area contributed by atoms with Crippen LogP contribution in [-0.2, 0) is 9.59 Å². The number of likely N-dealkylation sites (tertiary alicyclic amines) is 1. The molecule has 4 heteroatoms. The van der Waals surface area contributed by atoms with Gasteiger partial charge in [-0.2, -0.15) is 11.8 Å². The molecule has 0 radical (unpaired) electrons. The molecule has 0 spiro atoms. The topological polar surface area (TPSA) is 37.4 Å². The number of thioether (sulfide) groups is 1. The lowest BCUT2D eigenvalue weighted by Crippen LogP contribution is -2.37. The summed E-state index contributed by atoms with van der Waals surface area (Å²) in [5.41, 5.74) is 0. The van der Waals surface area contributed by atoms with Gasteiger partial charge in [0.2, 0.25) is 5.78 Å². The summed E-state index contributed by atoms with van der Waals surface area (Å²) in [6.07, 6.45) is 2.40. The molecule has 0 N–H and O–H groups in total. The van der Waals surface area contributed by atoms with Gasteiger partial charge in [-0.15, -0.1) is 0 Å². The Balaban J connectivity index is 2.53. The molecule has 1 saturated heterocycles. The fourth-order valence-electron chi connectivity index (χ4n) is 1.34. The van der Waals surface area contributed by atoms with Crippen molar-refractivity contribution in [1.29, 1.82) is 0 Å². The zero-order chi connectivity index (χ0) is 9.14. The molecule has 0 saturated carbocycles. The largest absolute Gasteiger partial charge is 0.332 e. The number of hydrogen-bond acceptors (Lipinski definition) is 3. The van der Waals surface area contributed by atoms with E-state index in [9.17, 15) is 9.59 Å². The van der Waals surface area contributed by atoms with Gasteiger partial charge in [0.05, 0.1) is 0 Å². The first-order valence-corrected chi connectivity index (χ1v) is 5.39. The van der Waals surface area contributed by atoms with Crippen LogP contribution in [0.3, 0.4) is 0 Å². The van der Waals surface area contributed by atoms with Crippen LogP contribution in [-0.4, -0.2) is 41.2 Å². The molecule has 1 fully saturated rings. The SMILES string of the molecule is CSCC(C)N1CCC(=O)C1=O. The molecule has 3 nitrogen and oxygen atoms in total. The van der Waals surface area contributed by atoms with E-state index in [4.69, 9.17) is 0 Å². The molecule has 1 rings (SSSR count). The van der Waals surface area contributed by atoms with Crippen molar-refractivity contribution in [3.63, 3.8) is 0 Å². The Morgan fingerprint density at radius 2 is 2.25 bits per heavy atom. The lowest BCUT2D eigenvalue weighted by Gasteiger charge is -2.22. The van der Waals surface area contributed by atoms with Crippen molar-refractivity contribution >= 4 is 23.5 Å². The van der Waals surface area contributed by atoms with Gasteiger partial charge in [0, 0.05) is 24.8 Å². The minimum absolute atomic E-state index is 0.193. The highest BCUT2D eigenvalue weighted by atomic mass is 32.2. The Bertz CT molecular complexity index is 205. The minimum atomic E-state index is -0.295. The van der Waals surface area contributed by atoms with Gasteiger partial charge in [-0.1, -0.05) is 0 Å². The summed E-state index contributed by atoms with van der Waals surface area (Å²) in [5, 5.41) is 0. The maximum absolute atomic E-state index is 11.2. The van der Waals surface area contributed by atoms with Gasteiger partial charge in [-0.05, 0) is 13.2 Å². The van der Waals surface area contributed by atoms with Crippen molar-refractivity contribution in [2.75, 3.05) is 18.6 Å². The number of Topliss-reactive ketones (excluding diaryl/α,β-unsaturated/α-hetero) is 1. The zero-order valence-corrected chi connectivity index (χ0v) is 8.19. The summed E-state index contributed by atoms with van der Waals surface area (Å²) in [6.45, 7) is 2.59. The van der Waals surface area contributed by atoms with E-state index < -0.39 is 0 Å². The molecule has 1 amide bonds. The molecular weight excluding hydrogens is 174 g/mol. The molecule has 1 aliphatic rings. The number of carbonyl (C=O) groups is 2. The number of hydrogen-bond donors (Lipinski definition) is 0. The quantitative estimate of drug-likeness (QED) is 0.605. The molecule has 1 unspecified atom stereocenters. The van der Waals surface area contributed by atoms with Crippen LogP contribution in [0.5, 0.6) is 0 Å². The summed E-state index contributed by atoms with van der Waals surface area (Å²) in [6, 6.07) is 0.193. The second-order valence-electron chi connectivity index (χ2n) is 2.98. The van der Waals surface area contributed by atoms with Gasteiger partial charge >= 0.3 is 0 Å². The van der Waals surface area contributed by atoms with Gasteiger partial charge in [-0.25, -0.2) is 0 Å². The Labute approximate surface area is 76.5 Å². The van der Waals surface area contributed by atoms with Crippen LogP contribution >= 0.6 is 11.8 Å². The molecule has 0 aromatic rings. The van der Waals surface area contributed by atoms with Crippen LogP contribution in [0.25, 0.3) is 0 Å². The molecule has 1 atom stereocenters. The van der Waals surface area contributed by atoms with Crippen LogP contribution in [0.1, 0.15) is 13.3 Å². The smallest absolute Gasteiger partial charge is 0.290 e. The van der Waals surface area contributed by atoms with Gasteiger partial charge in [0.1, 0.15) is 0 Å². The molecule has 1 aliphatic heterocycles. The Kier molecular flexibility index (Phi) is 3.14. The number of ketones is 1. The highest BCUT2D eigenvalue weighted by Crippen LogP contribution is 2.13. The predicted molar refractivity (Wildman–Crippen MR) is 49.2 cm³/mol. The third-order valence-electron chi connectivity index (χ3n) is 2.02. The van der Waals surface area contributed by atoms with E-state index >= 15 is 0 Å². The lowest BCUT2D eigenvalue weighted by molar-refractivity contribution is -0.140. The first-order valence-electron chi connectivity index (χ1n) is 3.99. The molecule has 0 aromatic carbocycles. The summed E-state index contributed by atoms with van der Waals surface area (Å²) in [5.74, 6) is 0.374. The highest BCUT2D eigenvalue weighted by molar-refractivity contribution is 7.98.